The first-order valence-corrected chi connectivity index (χ1v) is 11.9. The molecule has 0 unspecified atom stereocenters. The van der Waals surface area contributed by atoms with Crippen LogP contribution in [0.5, 0.6) is 5.75 Å². The van der Waals surface area contributed by atoms with Crippen molar-refractivity contribution >= 4 is 38.1 Å². The van der Waals surface area contributed by atoms with Gasteiger partial charge in [-0.3, -0.25) is 4.79 Å². The fraction of sp³-hybridized carbons (Fsp3) is 0.190. The number of carbonyl (C=O) groups excluding carboxylic acids is 1. The molecule has 1 amide bonds. The number of carbonyl (C=O) groups is 1. The Morgan fingerprint density at radius 2 is 1.97 bits per heavy atom. The van der Waals surface area contributed by atoms with Crippen LogP contribution in [-0.2, 0) is 16.6 Å². The van der Waals surface area contributed by atoms with Gasteiger partial charge >= 0.3 is 0 Å². The van der Waals surface area contributed by atoms with Gasteiger partial charge in [0.25, 0.3) is 5.91 Å². The quantitative estimate of drug-likeness (QED) is 0.558. The first-order chi connectivity index (χ1) is 15.1. The minimum atomic E-state index is -3.76. The zero-order valence-electron chi connectivity index (χ0n) is 17.4. The first-order valence-electron chi connectivity index (χ1n) is 9.21. The number of methoxy groups -OCH3 is 1. The summed E-state index contributed by atoms with van der Waals surface area (Å²) in [7, 11) is -2.28. The molecule has 1 aromatic heterocycles. The van der Waals surface area contributed by atoms with E-state index in [0.717, 1.165) is 6.26 Å². The van der Waals surface area contributed by atoms with Crippen LogP contribution in [0.1, 0.15) is 26.5 Å². The molecule has 8 nitrogen and oxygen atoms in total. The molecule has 32 heavy (non-hydrogen) atoms. The third-order valence-corrected chi connectivity index (χ3v) is 5.94. The number of nitriles is 1. The Hall–Kier alpha value is -3.49. The molecular formula is C21H19FN4O4S2. The van der Waals surface area contributed by atoms with Crippen LogP contribution in [0.15, 0.2) is 42.5 Å². The topological polar surface area (TPSA) is 112 Å². The van der Waals surface area contributed by atoms with Gasteiger partial charge in [0.05, 0.1) is 31.5 Å². The molecule has 1 heterocycles. The molecule has 0 radical (unpaired) electrons. The molecule has 0 atom stereocenters. The summed E-state index contributed by atoms with van der Waals surface area (Å²) in [6, 6.07) is 12.9. The van der Waals surface area contributed by atoms with Crippen molar-refractivity contribution in [2.24, 2.45) is 0 Å². The van der Waals surface area contributed by atoms with E-state index in [1.165, 1.54) is 36.6 Å². The van der Waals surface area contributed by atoms with Crippen LogP contribution in [0.3, 0.4) is 0 Å². The van der Waals surface area contributed by atoms with Crippen molar-refractivity contribution in [1.82, 2.24) is 9.71 Å². The number of hydrogen-bond acceptors (Lipinski definition) is 8. The van der Waals surface area contributed by atoms with E-state index in [1.54, 1.807) is 36.1 Å². The number of nitrogens with one attached hydrogen (secondary N) is 1. The van der Waals surface area contributed by atoms with Gasteiger partial charge in [-0.2, -0.15) is 5.26 Å². The fourth-order valence-corrected chi connectivity index (χ4v) is 4.31. The summed E-state index contributed by atoms with van der Waals surface area (Å²) >= 11 is 1.18. The Labute approximate surface area is 188 Å². The van der Waals surface area contributed by atoms with Crippen LogP contribution in [-0.4, -0.2) is 32.7 Å². The number of nitrogens with zero attached hydrogens (tertiary/aromatic N) is 3. The highest BCUT2D eigenvalue weighted by Gasteiger charge is 2.23. The number of benzene rings is 2. The van der Waals surface area contributed by atoms with Gasteiger partial charge in [0.15, 0.2) is 5.13 Å². The van der Waals surface area contributed by atoms with Crippen LogP contribution < -0.4 is 14.4 Å². The van der Waals surface area contributed by atoms with Crippen molar-refractivity contribution in [1.29, 1.82) is 5.26 Å². The van der Waals surface area contributed by atoms with Gasteiger partial charge in [0.2, 0.25) is 10.0 Å². The summed E-state index contributed by atoms with van der Waals surface area (Å²) in [4.78, 5) is 19.0. The molecule has 0 bridgehead atoms. The van der Waals surface area contributed by atoms with Crippen molar-refractivity contribution in [3.8, 4) is 11.8 Å². The fourth-order valence-electron chi connectivity index (χ4n) is 2.95. The lowest BCUT2D eigenvalue weighted by atomic mass is 10.1. The molecule has 0 spiro atoms. The van der Waals surface area contributed by atoms with Crippen molar-refractivity contribution < 1.29 is 22.3 Å². The molecule has 166 valence electrons. The van der Waals surface area contributed by atoms with E-state index in [4.69, 9.17) is 10.00 Å². The van der Waals surface area contributed by atoms with E-state index >= 15 is 0 Å². The maximum atomic E-state index is 13.9. The van der Waals surface area contributed by atoms with Gasteiger partial charge in [-0.1, -0.05) is 0 Å². The third kappa shape index (κ3) is 5.40. The molecule has 0 saturated carbocycles. The second-order valence-electron chi connectivity index (χ2n) is 6.81. The van der Waals surface area contributed by atoms with Gasteiger partial charge in [-0.05, 0) is 49.4 Å². The number of halogens is 1. The number of hydrogen-bond donors (Lipinski definition) is 1. The predicted molar refractivity (Wildman–Crippen MR) is 119 cm³/mol. The third-order valence-electron chi connectivity index (χ3n) is 4.39. The van der Waals surface area contributed by atoms with Gasteiger partial charge in [0.1, 0.15) is 17.3 Å². The molecular weight excluding hydrogens is 455 g/mol. The van der Waals surface area contributed by atoms with Gasteiger partial charge < -0.3 is 9.64 Å². The maximum absolute atomic E-state index is 13.9. The van der Waals surface area contributed by atoms with Crippen LogP contribution in [0.25, 0.3) is 0 Å². The lowest BCUT2D eigenvalue weighted by Gasteiger charge is -2.23. The van der Waals surface area contributed by atoms with E-state index in [9.17, 15) is 17.6 Å². The molecule has 1 N–H and O–H groups in total. The molecule has 11 heteroatoms. The first kappa shape index (κ1) is 23.2. The average Bonchev–Trinajstić information content (AvgIpc) is 3.12. The molecule has 3 rings (SSSR count). The van der Waals surface area contributed by atoms with Crippen LogP contribution in [0, 0.1) is 24.1 Å². The highest BCUT2D eigenvalue weighted by molar-refractivity contribution is 7.89. The number of anilines is 2. The highest BCUT2D eigenvalue weighted by Crippen LogP contribution is 2.35. The Kier molecular flexibility index (Phi) is 6.76. The number of aryl methyl sites for hydroxylation is 1. The van der Waals surface area contributed by atoms with Crippen LogP contribution in [0.4, 0.5) is 15.2 Å². The SMILES string of the molecule is COc1ccc(F)cc1CN(c1ccc(C#N)cc1)c1nc(C(=O)NS(C)(=O)=O)c(C)s1. The molecule has 2 aromatic carbocycles. The number of thiazole rings is 1. The van der Waals surface area contributed by atoms with Crippen LogP contribution in [0.2, 0.25) is 0 Å². The smallest absolute Gasteiger partial charge is 0.284 e. The lowest BCUT2D eigenvalue weighted by Crippen LogP contribution is -2.30. The molecule has 3 aromatic rings. The van der Waals surface area contributed by atoms with Crippen molar-refractivity contribution in [3.05, 3.63) is 70.0 Å². The van der Waals surface area contributed by atoms with Gasteiger partial charge in [-0.15, -0.1) is 11.3 Å². The average molecular weight is 475 g/mol. The number of rotatable bonds is 7. The lowest BCUT2D eigenvalue weighted by molar-refractivity contribution is 0.0977. The molecule has 0 fully saturated rings. The van der Waals surface area contributed by atoms with E-state index in [2.05, 4.69) is 4.98 Å². The molecule has 0 aliphatic carbocycles. The summed E-state index contributed by atoms with van der Waals surface area (Å²) in [5, 5.41) is 9.47. The van der Waals surface area contributed by atoms with Gasteiger partial charge in [0, 0.05) is 16.1 Å². The van der Waals surface area contributed by atoms with E-state index in [0.29, 0.717) is 32.6 Å². The molecule has 0 aliphatic heterocycles. The highest BCUT2D eigenvalue weighted by atomic mass is 32.2. The van der Waals surface area contributed by atoms with Crippen LogP contribution >= 0.6 is 11.3 Å². The second-order valence-corrected chi connectivity index (χ2v) is 9.74. The summed E-state index contributed by atoms with van der Waals surface area (Å²) in [6.45, 7) is 1.80. The summed E-state index contributed by atoms with van der Waals surface area (Å²) in [6.07, 6.45) is 0.882. The zero-order valence-corrected chi connectivity index (χ0v) is 19.1. The summed E-state index contributed by atoms with van der Waals surface area (Å²) in [5.74, 6) is -0.812. The number of amides is 1. The predicted octanol–water partition coefficient (Wildman–Crippen LogP) is 3.50. The Morgan fingerprint density at radius 3 is 2.56 bits per heavy atom. The van der Waals surface area contributed by atoms with E-state index in [1.807, 2.05) is 10.8 Å². The minimum Gasteiger partial charge on any atom is -0.496 e. The van der Waals surface area contributed by atoms with E-state index < -0.39 is 21.7 Å². The summed E-state index contributed by atoms with van der Waals surface area (Å²) < 4.78 is 44.1. The number of ether oxygens (including phenoxy) is 1. The monoisotopic (exact) mass is 474 g/mol. The van der Waals surface area contributed by atoms with Crippen molar-refractivity contribution in [2.75, 3.05) is 18.3 Å². The maximum Gasteiger partial charge on any atom is 0.284 e. The van der Waals surface area contributed by atoms with Crippen molar-refractivity contribution in [3.63, 3.8) is 0 Å². The second kappa shape index (κ2) is 9.33. The molecule has 0 saturated heterocycles. The number of aromatic nitrogens is 1. The number of sulfonamides is 1. The Morgan fingerprint density at radius 1 is 1.28 bits per heavy atom. The Balaban J connectivity index is 2.07. The zero-order chi connectivity index (χ0) is 23.5. The van der Waals surface area contributed by atoms with E-state index in [-0.39, 0.29) is 12.2 Å². The minimum absolute atomic E-state index is 0.0275. The summed E-state index contributed by atoms with van der Waals surface area (Å²) in [5.41, 5.74) is 1.60. The normalized spacial score (nSPS) is 11.0. The largest absolute Gasteiger partial charge is 0.496 e. The Bertz CT molecular complexity index is 1300. The van der Waals surface area contributed by atoms with Crippen molar-refractivity contribution in [2.45, 2.75) is 13.5 Å². The van der Waals surface area contributed by atoms with Gasteiger partial charge in [-0.25, -0.2) is 22.5 Å². The standard InChI is InChI=1S/C21H19FN4O4S2/c1-13-19(20(27)25-32(3,28)29)24-21(31-13)26(17-7-4-14(11-23)5-8-17)12-15-10-16(22)6-9-18(15)30-2/h4-10H,12H2,1-3H3,(H,25,27). The molecule has 0 aliphatic rings.